The van der Waals surface area contributed by atoms with E-state index in [1.54, 1.807) is 0 Å². The number of nitrogens with zero attached hydrogens (tertiary/aromatic N) is 1. The van der Waals surface area contributed by atoms with Crippen molar-refractivity contribution in [3.05, 3.63) is 35.9 Å². The lowest BCUT2D eigenvalue weighted by Gasteiger charge is -2.22. The Balaban J connectivity index is 2.31. The standard InChI is InChI=1S/C11H14N2O/c1-8-7-10(14)13(12)11(8)9-5-3-2-4-6-9/h2-6,8,11H,7,12H2,1H3/t8-,11+/m1/s1. The van der Waals surface area contributed by atoms with Gasteiger partial charge in [0.2, 0.25) is 5.91 Å². The van der Waals surface area contributed by atoms with Crippen LogP contribution in [0.25, 0.3) is 0 Å². The van der Waals surface area contributed by atoms with Crippen molar-refractivity contribution in [1.82, 2.24) is 5.01 Å². The molecule has 0 saturated carbocycles. The summed E-state index contributed by atoms with van der Waals surface area (Å²) in [5.74, 6) is 6.06. The third kappa shape index (κ3) is 1.40. The Morgan fingerprint density at radius 3 is 2.50 bits per heavy atom. The summed E-state index contributed by atoms with van der Waals surface area (Å²) >= 11 is 0. The molecule has 1 saturated heterocycles. The van der Waals surface area contributed by atoms with Crippen LogP contribution in [0, 0.1) is 5.92 Å². The van der Waals surface area contributed by atoms with Crippen LogP contribution in [0.2, 0.25) is 0 Å². The fourth-order valence-electron chi connectivity index (χ4n) is 2.06. The van der Waals surface area contributed by atoms with Crippen molar-refractivity contribution >= 4 is 5.91 Å². The number of nitrogens with two attached hydrogens (primary N) is 1. The molecule has 1 heterocycles. The van der Waals surface area contributed by atoms with E-state index in [-0.39, 0.29) is 11.9 Å². The molecule has 0 bridgehead atoms. The summed E-state index contributed by atoms with van der Waals surface area (Å²) in [6, 6.07) is 9.98. The van der Waals surface area contributed by atoms with Gasteiger partial charge >= 0.3 is 0 Å². The van der Waals surface area contributed by atoms with Gasteiger partial charge in [-0.3, -0.25) is 9.80 Å². The van der Waals surface area contributed by atoms with Gasteiger partial charge < -0.3 is 0 Å². The van der Waals surface area contributed by atoms with Gasteiger partial charge in [0.05, 0.1) is 6.04 Å². The Morgan fingerprint density at radius 1 is 1.36 bits per heavy atom. The van der Waals surface area contributed by atoms with E-state index in [4.69, 9.17) is 5.84 Å². The van der Waals surface area contributed by atoms with Gasteiger partial charge in [-0.2, -0.15) is 0 Å². The molecule has 3 nitrogen and oxygen atoms in total. The number of amides is 1. The highest BCUT2D eigenvalue weighted by Crippen LogP contribution is 2.34. The summed E-state index contributed by atoms with van der Waals surface area (Å²) in [5, 5.41) is 1.36. The number of rotatable bonds is 1. The van der Waals surface area contributed by atoms with Crippen molar-refractivity contribution in [2.24, 2.45) is 11.8 Å². The topological polar surface area (TPSA) is 46.3 Å². The van der Waals surface area contributed by atoms with Gasteiger partial charge in [0.15, 0.2) is 0 Å². The maximum atomic E-state index is 11.4. The summed E-state index contributed by atoms with van der Waals surface area (Å²) < 4.78 is 0. The van der Waals surface area contributed by atoms with Gasteiger partial charge in [0.1, 0.15) is 0 Å². The first-order chi connectivity index (χ1) is 6.70. The smallest absolute Gasteiger partial charge is 0.237 e. The summed E-state index contributed by atoms with van der Waals surface area (Å²) in [5.41, 5.74) is 1.12. The highest BCUT2D eigenvalue weighted by molar-refractivity contribution is 5.78. The SMILES string of the molecule is C[C@@H]1CC(=O)N(N)[C@@H]1c1ccccc1. The Bertz CT molecular complexity index is 336. The third-order valence-electron chi connectivity index (χ3n) is 2.76. The van der Waals surface area contributed by atoms with Gasteiger partial charge in [0.25, 0.3) is 0 Å². The van der Waals surface area contributed by atoms with E-state index < -0.39 is 0 Å². The molecule has 1 aliphatic rings. The van der Waals surface area contributed by atoms with Crippen LogP contribution < -0.4 is 5.84 Å². The van der Waals surface area contributed by atoms with E-state index in [1.165, 1.54) is 5.01 Å². The van der Waals surface area contributed by atoms with E-state index in [0.29, 0.717) is 12.3 Å². The van der Waals surface area contributed by atoms with Gasteiger partial charge in [-0.05, 0) is 11.5 Å². The minimum atomic E-state index is 0.0337. The van der Waals surface area contributed by atoms with Gasteiger partial charge in [0, 0.05) is 6.42 Å². The second-order valence-corrected chi connectivity index (χ2v) is 3.84. The first kappa shape index (κ1) is 9.21. The van der Waals surface area contributed by atoms with Crippen LogP contribution in [0.3, 0.4) is 0 Å². The van der Waals surface area contributed by atoms with Crippen LogP contribution in [-0.2, 0) is 4.79 Å². The van der Waals surface area contributed by atoms with E-state index in [1.807, 2.05) is 30.3 Å². The minimum absolute atomic E-state index is 0.0337. The fourth-order valence-corrected chi connectivity index (χ4v) is 2.06. The molecule has 2 N–H and O–H groups in total. The van der Waals surface area contributed by atoms with Crippen LogP contribution in [0.5, 0.6) is 0 Å². The number of carbonyl (C=O) groups excluding carboxylic acids is 1. The minimum Gasteiger partial charge on any atom is -0.273 e. The van der Waals surface area contributed by atoms with Gasteiger partial charge in [-0.1, -0.05) is 37.3 Å². The predicted molar refractivity (Wildman–Crippen MR) is 54.0 cm³/mol. The molecular formula is C11H14N2O. The molecule has 2 atom stereocenters. The van der Waals surface area contributed by atoms with Crippen LogP contribution >= 0.6 is 0 Å². The molecule has 14 heavy (non-hydrogen) atoms. The average molecular weight is 190 g/mol. The highest BCUT2D eigenvalue weighted by atomic mass is 16.2. The summed E-state index contributed by atoms with van der Waals surface area (Å²) in [4.78, 5) is 11.4. The van der Waals surface area contributed by atoms with E-state index in [2.05, 4.69) is 6.92 Å². The zero-order valence-corrected chi connectivity index (χ0v) is 8.18. The fraction of sp³-hybridized carbons (Fsp3) is 0.364. The second-order valence-electron chi connectivity index (χ2n) is 3.84. The molecule has 1 fully saturated rings. The largest absolute Gasteiger partial charge is 0.273 e. The van der Waals surface area contributed by atoms with E-state index >= 15 is 0 Å². The lowest BCUT2D eigenvalue weighted by Crippen LogP contribution is -2.35. The molecule has 0 aliphatic carbocycles. The number of hydrogen-bond donors (Lipinski definition) is 1. The Hall–Kier alpha value is -1.35. The molecule has 0 spiro atoms. The van der Waals surface area contributed by atoms with E-state index in [9.17, 15) is 4.79 Å². The van der Waals surface area contributed by atoms with Gasteiger partial charge in [-0.15, -0.1) is 0 Å². The highest BCUT2D eigenvalue weighted by Gasteiger charge is 2.36. The quantitative estimate of drug-likeness (QED) is 0.538. The van der Waals surface area contributed by atoms with Crippen molar-refractivity contribution in [1.29, 1.82) is 0 Å². The Morgan fingerprint density at radius 2 is 2.00 bits per heavy atom. The predicted octanol–water partition coefficient (Wildman–Crippen LogP) is 1.47. The van der Waals surface area contributed by atoms with E-state index in [0.717, 1.165) is 5.56 Å². The molecule has 1 amide bonds. The first-order valence-electron chi connectivity index (χ1n) is 4.82. The molecule has 1 aromatic rings. The van der Waals surface area contributed by atoms with Crippen LogP contribution in [0.15, 0.2) is 30.3 Å². The number of benzene rings is 1. The third-order valence-corrected chi connectivity index (χ3v) is 2.76. The molecule has 0 radical (unpaired) electrons. The van der Waals surface area contributed by atoms with Crippen LogP contribution in [0.1, 0.15) is 24.9 Å². The lowest BCUT2D eigenvalue weighted by molar-refractivity contribution is -0.129. The zero-order chi connectivity index (χ0) is 10.1. The maximum Gasteiger partial charge on any atom is 0.237 e. The first-order valence-corrected chi connectivity index (χ1v) is 4.82. The van der Waals surface area contributed by atoms with Crippen molar-refractivity contribution in [2.75, 3.05) is 0 Å². The second kappa shape index (κ2) is 3.42. The van der Waals surface area contributed by atoms with Crippen molar-refractivity contribution in [3.63, 3.8) is 0 Å². The molecule has 0 aromatic heterocycles. The summed E-state index contributed by atoms with van der Waals surface area (Å²) in [6.45, 7) is 2.06. The summed E-state index contributed by atoms with van der Waals surface area (Å²) in [6.07, 6.45) is 0.552. The molecule has 1 aliphatic heterocycles. The number of carbonyl (C=O) groups is 1. The molecular weight excluding hydrogens is 176 g/mol. The lowest BCUT2D eigenvalue weighted by atomic mass is 9.96. The number of hydrogen-bond acceptors (Lipinski definition) is 2. The molecule has 74 valence electrons. The average Bonchev–Trinajstić information content (AvgIpc) is 2.43. The van der Waals surface area contributed by atoms with Crippen molar-refractivity contribution < 1.29 is 4.79 Å². The van der Waals surface area contributed by atoms with Crippen LogP contribution in [0.4, 0.5) is 0 Å². The maximum absolute atomic E-state index is 11.4. The molecule has 2 rings (SSSR count). The number of hydrazine groups is 1. The molecule has 1 aromatic carbocycles. The zero-order valence-electron chi connectivity index (χ0n) is 8.18. The molecule has 3 heteroatoms. The monoisotopic (exact) mass is 190 g/mol. The Labute approximate surface area is 83.5 Å². The van der Waals surface area contributed by atoms with Gasteiger partial charge in [-0.25, -0.2) is 5.84 Å². The Kier molecular flexibility index (Phi) is 2.25. The van der Waals surface area contributed by atoms with Crippen molar-refractivity contribution in [2.45, 2.75) is 19.4 Å². The normalized spacial score (nSPS) is 27.0. The summed E-state index contributed by atoms with van der Waals surface area (Å²) in [7, 11) is 0. The molecule has 0 unspecified atom stereocenters. The van der Waals surface area contributed by atoms with Crippen LogP contribution in [-0.4, -0.2) is 10.9 Å². The van der Waals surface area contributed by atoms with Crippen molar-refractivity contribution in [3.8, 4) is 0 Å².